The summed E-state index contributed by atoms with van der Waals surface area (Å²) in [6.45, 7) is 0.737. The number of benzene rings is 1. The predicted molar refractivity (Wildman–Crippen MR) is 108 cm³/mol. The minimum atomic E-state index is -4.36. The Balaban J connectivity index is 1.67. The van der Waals surface area contributed by atoms with Gasteiger partial charge in [0.15, 0.2) is 0 Å². The highest BCUT2D eigenvalue weighted by Crippen LogP contribution is 2.35. The number of aliphatic hydroxyl groups excluding tert-OH is 2. The summed E-state index contributed by atoms with van der Waals surface area (Å²) in [7, 11) is 1.61. The Kier molecular flexibility index (Phi) is 7.99. The molecule has 1 aromatic heterocycles. The minimum absolute atomic E-state index is 0.0698. The quantitative estimate of drug-likeness (QED) is 0.556. The Morgan fingerprint density at radius 2 is 1.90 bits per heavy atom. The monoisotopic (exact) mass is 439 g/mol. The molecule has 1 fully saturated rings. The number of methoxy groups -OCH3 is 1. The second-order valence-electron chi connectivity index (χ2n) is 7.91. The maximum atomic E-state index is 12.7. The van der Waals surface area contributed by atoms with Crippen molar-refractivity contribution >= 4 is 0 Å². The van der Waals surface area contributed by atoms with E-state index in [0.717, 1.165) is 23.4 Å². The first kappa shape index (κ1) is 23.6. The number of alkyl halides is 3. The van der Waals surface area contributed by atoms with Crippen LogP contribution in [0.4, 0.5) is 13.2 Å². The van der Waals surface area contributed by atoms with Crippen LogP contribution in [0.2, 0.25) is 0 Å². The summed E-state index contributed by atoms with van der Waals surface area (Å²) in [5.41, 5.74) is 0.858. The van der Waals surface area contributed by atoms with Crippen molar-refractivity contribution in [3.05, 3.63) is 59.2 Å². The molecular formula is C22H28F3N3O3. The molecule has 1 aromatic carbocycles. The molecule has 2 aromatic rings. The van der Waals surface area contributed by atoms with Gasteiger partial charge in [0.1, 0.15) is 5.82 Å². The fourth-order valence-corrected chi connectivity index (χ4v) is 4.15. The van der Waals surface area contributed by atoms with Crippen LogP contribution < -0.4 is 5.32 Å². The highest BCUT2D eigenvalue weighted by molar-refractivity contribution is 5.24. The molecule has 1 aliphatic carbocycles. The summed E-state index contributed by atoms with van der Waals surface area (Å²) >= 11 is 0. The van der Waals surface area contributed by atoms with E-state index in [0.29, 0.717) is 38.2 Å². The molecule has 0 saturated heterocycles. The molecule has 4 atom stereocenters. The third-order valence-electron chi connectivity index (χ3n) is 5.85. The number of halogens is 3. The number of hydrogen-bond donors (Lipinski definition) is 3. The fraction of sp³-hybridized carbons (Fsp3) is 0.545. The van der Waals surface area contributed by atoms with Crippen LogP contribution in [0.3, 0.4) is 0 Å². The van der Waals surface area contributed by atoms with Gasteiger partial charge in [0, 0.05) is 50.5 Å². The number of ether oxygens (including phenoxy) is 1. The van der Waals surface area contributed by atoms with Gasteiger partial charge in [0.2, 0.25) is 0 Å². The second kappa shape index (κ2) is 10.5. The molecule has 0 unspecified atom stereocenters. The molecule has 170 valence electrons. The molecule has 0 aliphatic heterocycles. The van der Waals surface area contributed by atoms with Crippen molar-refractivity contribution in [2.75, 3.05) is 20.3 Å². The van der Waals surface area contributed by atoms with Crippen LogP contribution in [-0.2, 0) is 30.3 Å². The lowest BCUT2D eigenvalue weighted by atomic mass is 9.88. The second-order valence-corrected chi connectivity index (χ2v) is 7.91. The van der Waals surface area contributed by atoms with E-state index in [4.69, 9.17) is 4.74 Å². The average Bonchev–Trinajstić information content (AvgIpc) is 3.04. The third-order valence-corrected chi connectivity index (χ3v) is 5.85. The average molecular weight is 439 g/mol. The van der Waals surface area contributed by atoms with Crippen molar-refractivity contribution in [1.82, 2.24) is 15.3 Å². The zero-order valence-corrected chi connectivity index (χ0v) is 17.3. The first-order valence-corrected chi connectivity index (χ1v) is 10.3. The highest BCUT2D eigenvalue weighted by atomic mass is 19.4. The van der Waals surface area contributed by atoms with E-state index in [1.165, 1.54) is 12.1 Å². The van der Waals surface area contributed by atoms with Crippen molar-refractivity contribution in [3.8, 4) is 0 Å². The van der Waals surface area contributed by atoms with Crippen molar-refractivity contribution in [1.29, 1.82) is 0 Å². The smallest absolute Gasteiger partial charge is 0.396 e. The van der Waals surface area contributed by atoms with Gasteiger partial charge in [-0.2, -0.15) is 13.2 Å². The largest absolute Gasteiger partial charge is 0.416 e. The highest BCUT2D eigenvalue weighted by Gasteiger charge is 2.42. The molecular weight excluding hydrogens is 411 g/mol. The van der Waals surface area contributed by atoms with Crippen LogP contribution in [-0.4, -0.2) is 52.7 Å². The topological polar surface area (TPSA) is 87.5 Å². The SMILES string of the molecule is COCCc1nccc(C[C@@H]2[C@@H](CO)[C@H](O)C[C@H]2NCc2ccc(C(F)(F)F)cc2)n1. The summed E-state index contributed by atoms with van der Waals surface area (Å²) in [6.07, 6.45) is -1.72. The number of nitrogens with one attached hydrogen (secondary N) is 1. The Morgan fingerprint density at radius 1 is 1.16 bits per heavy atom. The minimum Gasteiger partial charge on any atom is -0.396 e. The molecule has 9 heteroatoms. The van der Waals surface area contributed by atoms with E-state index in [9.17, 15) is 23.4 Å². The number of hydrogen-bond acceptors (Lipinski definition) is 6. The van der Waals surface area contributed by atoms with Gasteiger partial charge in [0.25, 0.3) is 0 Å². The molecule has 3 N–H and O–H groups in total. The fourth-order valence-electron chi connectivity index (χ4n) is 4.15. The van der Waals surface area contributed by atoms with Gasteiger partial charge in [-0.05, 0) is 42.5 Å². The summed E-state index contributed by atoms with van der Waals surface area (Å²) in [6, 6.07) is 6.75. The molecule has 0 radical (unpaired) electrons. The van der Waals surface area contributed by atoms with Crippen LogP contribution in [0, 0.1) is 11.8 Å². The van der Waals surface area contributed by atoms with Crippen LogP contribution in [0.1, 0.15) is 29.1 Å². The van der Waals surface area contributed by atoms with E-state index < -0.39 is 17.8 Å². The normalized spacial score (nSPS) is 23.9. The molecule has 1 saturated carbocycles. The Morgan fingerprint density at radius 3 is 2.55 bits per heavy atom. The predicted octanol–water partition coefficient (Wildman–Crippen LogP) is 2.37. The summed E-state index contributed by atoms with van der Waals surface area (Å²) in [5, 5.41) is 23.6. The molecule has 0 amide bonds. The molecule has 0 bridgehead atoms. The maximum absolute atomic E-state index is 12.7. The van der Waals surface area contributed by atoms with Gasteiger partial charge in [-0.15, -0.1) is 0 Å². The van der Waals surface area contributed by atoms with Gasteiger partial charge < -0.3 is 20.3 Å². The Bertz CT molecular complexity index is 833. The summed E-state index contributed by atoms with van der Waals surface area (Å²) in [4.78, 5) is 8.80. The van der Waals surface area contributed by atoms with Crippen molar-refractivity contribution in [2.24, 2.45) is 11.8 Å². The van der Waals surface area contributed by atoms with Crippen LogP contribution >= 0.6 is 0 Å². The molecule has 3 rings (SSSR count). The van der Waals surface area contributed by atoms with Gasteiger partial charge in [-0.25, -0.2) is 9.97 Å². The summed E-state index contributed by atoms with van der Waals surface area (Å²) in [5.74, 6) is 0.301. The lowest BCUT2D eigenvalue weighted by molar-refractivity contribution is -0.137. The van der Waals surface area contributed by atoms with Gasteiger partial charge >= 0.3 is 6.18 Å². The number of nitrogens with zero attached hydrogens (tertiary/aromatic N) is 2. The van der Waals surface area contributed by atoms with E-state index in [-0.39, 0.29) is 24.5 Å². The number of aliphatic hydroxyl groups is 2. The zero-order chi connectivity index (χ0) is 22.4. The zero-order valence-electron chi connectivity index (χ0n) is 17.3. The molecule has 0 spiro atoms. The lowest BCUT2D eigenvalue weighted by Crippen LogP contribution is -2.36. The van der Waals surface area contributed by atoms with Crippen molar-refractivity contribution in [3.63, 3.8) is 0 Å². The van der Waals surface area contributed by atoms with Gasteiger partial charge in [0.05, 0.1) is 18.3 Å². The van der Waals surface area contributed by atoms with Gasteiger partial charge in [-0.3, -0.25) is 0 Å². The van der Waals surface area contributed by atoms with Crippen molar-refractivity contribution in [2.45, 2.75) is 44.1 Å². The van der Waals surface area contributed by atoms with Gasteiger partial charge in [-0.1, -0.05) is 12.1 Å². The molecule has 31 heavy (non-hydrogen) atoms. The van der Waals surface area contributed by atoms with E-state index in [2.05, 4.69) is 15.3 Å². The number of rotatable bonds is 9. The van der Waals surface area contributed by atoms with E-state index >= 15 is 0 Å². The Hall–Kier alpha value is -2.07. The van der Waals surface area contributed by atoms with Crippen LogP contribution in [0.15, 0.2) is 36.5 Å². The standard InChI is InChI=1S/C22H28F3N3O3/c1-31-9-7-21-26-8-6-16(28-21)10-17-18(13-29)20(30)11-19(17)27-12-14-2-4-15(5-3-14)22(23,24)25/h2-6,8,17-20,27,29-30H,7,9-13H2,1H3/t17-,18-,19-,20-/m1/s1. The third kappa shape index (κ3) is 6.22. The maximum Gasteiger partial charge on any atom is 0.416 e. The van der Waals surface area contributed by atoms with Crippen LogP contribution in [0.5, 0.6) is 0 Å². The Labute approximate surface area is 179 Å². The molecule has 1 heterocycles. The summed E-state index contributed by atoms with van der Waals surface area (Å²) < 4.78 is 43.3. The molecule has 6 nitrogen and oxygen atoms in total. The van der Waals surface area contributed by atoms with Crippen LogP contribution in [0.25, 0.3) is 0 Å². The van der Waals surface area contributed by atoms with E-state index in [1.807, 2.05) is 6.07 Å². The first-order chi connectivity index (χ1) is 14.8. The first-order valence-electron chi connectivity index (χ1n) is 10.3. The number of aromatic nitrogens is 2. The molecule has 1 aliphatic rings. The van der Waals surface area contributed by atoms with Crippen molar-refractivity contribution < 1.29 is 28.1 Å². The lowest BCUT2D eigenvalue weighted by Gasteiger charge is -2.25. The van der Waals surface area contributed by atoms with E-state index in [1.54, 1.807) is 13.3 Å².